The normalized spacial score (nSPS) is 23.6. The van der Waals surface area contributed by atoms with E-state index in [1.54, 1.807) is 11.3 Å². The van der Waals surface area contributed by atoms with Gasteiger partial charge in [-0.3, -0.25) is 4.90 Å². The van der Waals surface area contributed by atoms with Gasteiger partial charge < -0.3 is 5.11 Å². The second-order valence-corrected chi connectivity index (χ2v) is 4.93. The summed E-state index contributed by atoms with van der Waals surface area (Å²) in [4.78, 5) is 6.87. The highest BCUT2D eigenvalue weighted by Crippen LogP contribution is 2.21. The molecule has 2 rings (SSSR count). The molecule has 1 aromatic heterocycles. The molecule has 0 aromatic carbocycles. The summed E-state index contributed by atoms with van der Waals surface area (Å²) in [5.74, 6) is 1.11. The van der Waals surface area contributed by atoms with Gasteiger partial charge in [0.25, 0.3) is 0 Å². The third-order valence-electron chi connectivity index (χ3n) is 2.76. The molecule has 0 saturated carbocycles. The summed E-state index contributed by atoms with van der Waals surface area (Å²) in [6, 6.07) is 3.95. The quantitative estimate of drug-likeness (QED) is 0.772. The molecule has 0 spiro atoms. The summed E-state index contributed by atoms with van der Waals surface area (Å²) in [5.41, 5.74) is 0. The Labute approximate surface area is 94.1 Å². The van der Waals surface area contributed by atoms with Gasteiger partial charge >= 0.3 is 0 Å². The van der Waals surface area contributed by atoms with Gasteiger partial charge in [-0.25, -0.2) is 4.99 Å². The van der Waals surface area contributed by atoms with Crippen LogP contribution in [-0.4, -0.2) is 31.1 Å². The summed E-state index contributed by atoms with van der Waals surface area (Å²) >= 11 is 1.61. The molecule has 0 amide bonds. The van der Waals surface area contributed by atoms with E-state index in [2.05, 4.69) is 12.0 Å². The first-order valence-electron chi connectivity index (χ1n) is 5.35. The van der Waals surface area contributed by atoms with Crippen LogP contribution in [0.25, 0.3) is 0 Å². The van der Waals surface area contributed by atoms with Crippen molar-refractivity contribution in [1.82, 2.24) is 0 Å². The molecule has 2 atom stereocenters. The van der Waals surface area contributed by atoms with Crippen molar-refractivity contribution in [2.45, 2.75) is 18.9 Å². The molecule has 1 aliphatic heterocycles. The number of aliphatic hydroxyl groups excluding tert-OH is 1. The maximum absolute atomic E-state index is 10.00. The summed E-state index contributed by atoms with van der Waals surface area (Å²) in [7, 11) is 2.12. The molecule has 1 aromatic rings. The Hall–Kier alpha value is -0.710. The minimum Gasteiger partial charge on any atom is -0.387 e. The fourth-order valence-corrected chi connectivity index (χ4v) is 2.55. The van der Waals surface area contributed by atoms with E-state index in [4.69, 9.17) is 0 Å². The topological polar surface area (TPSA) is 37.0 Å². The molecule has 0 saturated heterocycles. The van der Waals surface area contributed by atoms with Gasteiger partial charge in [0.2, 0.25) is 0 Å². The molecule has 0 aliphatic carbocycles. The highest BCUT2D eigenvalue weighted by Gasteiger charge is 2.21. The van der Waals surface area contributed by atoms with Gasteiger partial charge in [-0.15, -0.1) is 11.3 Å². The Kier molecular flexibility index (Phi) is 3.51. The number of quaternary nitrogens is 1. The molecule has 4 heteroatoms. The lowest BCUT2D eigenvalue weighted by Crippen LogP contribution is -3.12. The minimum absolute atomic E-state index is 0.378. The van der Waals surface area contributed by atoms with Crippen molar-refractivity contribution in [2.75, 3.05) is 20.1 Å². The fourth-order valence-electron chi connectivity index (χ4n) is 1.84. The van der Waals surface area contributed by atoms with E-state index in [1.165, 1.54) is 4.90 Å². The standard InChI is InChI=1S/C11H16N2OS/c1-13-6-3-5-12-11(13)8-9(14)10-4-2-7-15-10/h2,4,7,9,14H,3,5-6,8H2,1H3/p+1. The van der Waals surface area contributed by atoms with Crippen LogP contribution >= 0.6 is 11.3 Å². The smallest absolute Gasteiger partial charge is 0.199 e. The number of amidine groups is 1. The lowest BCUT2D eigenvalue weighted by atomic mass is 10.1. The highest BCUT2D eigenvalue weighted by molar-refractivity contribution is 7.10. The lowest BCUT2D eigenvalue weighted by Gasteiger charge is -2.20. The van der Waals surface area contributed by atoms with Crippen LogP contribution in [0, 0.1) is 0 Å². The molecule has 82 valence electrons. The Bertz CT molecular complexity index is 334. The molecule has 0 fully saturated rings. The third kappa shape index (κ3) is 2.65. The second kappa shape index (κ2) is 4.88. The molecule has 15 heavy (non-hydrogen) atoms. The number of hydrogen-bond donors (Lipinski definition) is 2. The van der Waals surface area contributed by atoms with Crippen LogP contribution in [-0.2, 0) is 0 Å². The Balaban J connectivity index is 1.99. The number of aliphatic hydroxyl groups is 1. The lowest BCUT2D eigenvalue weighted by molar-refractivity contribution is -0.786. The molecule has 2 unspecified atom stereocenters. The van der Waals surface area contributed by atoms with Gasteiger partial charge in [0.1, 0.15) is 0 Å². The average Bonchev–Trinajstić information content (AvgIpc) is 2.74. The van der Waals surface area contributed by atoms with Gasteiger partial charge in [-0.05, 0) is 11.4 Å². The number of thiophene rings is 1. The zero-order valence-corrected chi connectivity index (χ0v) is 9.76. The van der Waals surface area contributed by atoms with E-state index in [1.807, 2.05) is 17.5 Å². The zero-order valence-electron chi connectivity index (χ0n) is 8.94. The molecular formula is C11H17N2OS+. The average molecular weight is 225 g/mol. The van der Waals surface area contributed by atoms with E-state index >= 15 is 0 Å². The first-order valence-corrected chi connectivity index (χ1v) is 6.23. The van der Waals surface area contributed by atoms with E-state index in [-0.39, 0.29) is 6.10 Å². The van der Waals surface area contributed by atoms with Crippen molar-refractivity contribution >= 4 is 17.2 Å². The van der Waals surface area contributed by atoms with Crippen molar-refractivity contribution < 1.29 is 10.0 Å². The van der Waals surface area contributed by atoms with Crippen LogP contribution < -0.4 is 4.90 Å². The van der Waals surface area contributed by atoms with Crippen LogP contribution in [0.1, 0.15) is 23.8 Å². The Morgan fingerprint density at radius 2 is 2.53 bits per heavy atom. The highest BCUT2D eigenvalue weighted by atomic mass is 32.1. The molecule has 2 N–H and O–H groups in total. The number of aliphatic imine (C=N–C) groups is 1. The number of rotatable bonds is 3. The number of nitrogens with one attached hydrogen (secondary N) is 1. The summed E-state index contributed by atoms with van der Waals surface area (Å²) in [6.45, 7) is 2.06. The van der Waals surface area contributed by atoms with Crippen LogP contribution in [0.4, 0.5) is 0 Å². The van der Waals surface area contributed by atoms with Gasteiger partial charge in [0, 0.05) is 17.8 Å². The Morgan fingerprint density at radius 3 is 3.20 bits per heavy atom. The SMILES string of the molecule is C[NH+]1CCCN=C1CC(O)c1cccs1. The second-order valence-electron chi connectivity index (χ2n) is 3.95. The molecule has 1 aliphatic rings. The fraction of sp³-hybridized carbons (Fsp3) is 0.545. The molecule has 0 bridgehead atoms. The van der Waals surface area contributed by atoms with Crippen LogP contribution in [0.5, 0.6) is 0 Å². The third-order valence-corrected chi connectivity index (χ3v) is 3.74. The first-order chi connectivity index (χ1) is 7.27. The maximum atomic E-state index is 10.00. The van der Waals surface area contributed by atoms with Crippen molar-refractivity contribution in [3.05, 3.63) is 22.4 Å². The van der Waals surface area contributed by atoms with Crippen molar-refractivity contribution in [2.24, 2.45) is 4.99 Å². The van der Waals surface area contributed by atoms with Crippen molar-refractivity contribution in [3.8, 4) is 0 Å². The monoisotopic (exact) mass is 225 g/mol. The number of hydrogen-bond acceptors (Lipinski definition) is 3. The summed E-state index contributed by atoms with van der Waals surface area (Å²) in [5, 5.41) is 12.0. The molecule has 3 nitrogen and oxygen atoms in total. The predicted molar refractivity (Wildman–Crippen MR) is 62.6 cm³/mol. The van der Waals surface area contributed by atoms with Crippen LogP contribution in [0.2, 0.25) is 0 Å². The van der Waals surface area contributed by atoms with Crippen molar-refractivity contribution in [1.29, 1.82) is 0 Å². The largest absolute Gasteiger partial charge is 0.387 e. The molecule has 0 radical (unpaired) electrons. The van der Waals surface area contributed by atoms with Crippen LogP contribution in [0.15, 0.2) is 22.5 Å². The Morgan fingerprint density at radius 1 is 1.67 bits per heavy atom. The van der Waals surface area contributed by atoms with E-state index in [0.717, 1.165) is 30.2 Å². The predicted octanol–water partition coefficient (Wildman–Crippen LogP) is 0.489. The summed E-state index contributed by atoms with van der Waals surface area (Å²) < 4.78 is 0. The van der Waals surface area contributed by atoms with Gasteiger partial charge in [0.05, 0.1) is 26.1 Å². The molecular weight excluding hydrogens is 208 g/mol. The zero-order chi connectivity index (χ0) is 10.7. The van der Waals surface area contributed by atoms with E-state index in [0.29, 0.717) is 6.42 Å². The van der Waals surface area contributed by atoms with E-state index in [9.17, 15) is 5.11 Å². The summed E-state index contributed by atoms with van der Waals surface area (Å²) in [6.07, 6.45) is 1.45. The molecule has 2 heterocycles. The minimum atomic E-state index is -0.378. The van der Waals surface area contributed by atoms with Crippen LogP contribution in [0.3, 0.4) is 0 Å². The number of nitrogens with zero attached hydrogens (tertiary/aromatic N) is 1. The van der Waals surface area contributed by atoms with Crippen molar-refractivity contribution in [3.63, 3.8) is 0 Å². The van der Waals surface area contributed by atoms with E-state index < -0.39 is 0 Å². The van der Waals surface area contributed by atoms with Gasteiger partial charge in [-0.2, -0.15) is 0 Å². The maximum Gasteiger partial charge on any atom is 0.199 e. The van der Waals surface area contributed by atoms with Gasteiger partial charge in [-0.1, -0.05) is 6.07 Å². The first kappa shape index (κ1) is 10.8. The van der Waals surface area contributed by atoms with Gasteiger partial charge in [0.15, 0.2) is 5.84 Å².